The van der Waals surface area contributed by atoms with Gasteiger partial charge in [-0.15, -0.1) is 0 Å². The molecule has 4 nitrogen and oxygen atoms in total. The number of carbonyl (C=O) groups excluding carboxylic acids is 1. The lowest BCUT2D eigenvalue weighted by atomic mass is 9.85. The van der Waals surface area contributed by atoms with Crippen molar-refractivity contribution in [3.8, 4) is 0 Å². The molecule has 1 amide bonds. The van der Waals surface area contributed by atoms with Gasteiger partial charge in [-0.05, 0) is 67.5 Å². The van der Waals surface area contributed by atoms with Crippen molar-refractivity contribution in [2.24, 2.45) is 0 Å². The minimum absolute atomic E-state index is 0.102. The number of aromatic nitrogens is 2. The first-order valence-electron chi connectivity index (χ1n) is 8.99. The molecule has 2 saturated heterocycles. The number of rotatable bonds is 2. The van der Waals surface area contributed by atoms with Crippen LogP contribution in [0.25, 0.3) is 11.0 Å². The first-order chi connectivity index (χ1) is 12.7. The maximum absolute atomic E-state index is 13.2. The molecule has 0 spiro atoms. The molecular weight excluding hydrogens is 349 g/mol. The molecule has 2 atom stereocenters. The molecule has 3 aromatic rings. The van der Waals surface area contributed by atoms with Crippen LogP contribution >= 0.6 is 11.7 Å². The quantitative estimate of drug-likeness (QED) is 0.675. The maximum Gasteiger partial charge on any atom is 0.254 e. The van der Waals surface area contributed by atoms with Crippen LogP contribution in [0.3, 0.4) is 0 Å². The molecule has 26 heavy (non-hydrogen) atoms. The molecular formula is C20H18FN3OS. The van der Waals surface area contributed by atoms with Gasteiger partial charge in [0.2, 0.25) is 0 Å². The highest BCUT2D eigenvalue weighted by Gasteiger charge is 2.43. The zero-order valence-corrected chi connectivity index (χ0v) is 15.0. The summed E-state index contributed by atoms with van der Waals surface area (Å²) in [6, 6.07) is 13.0. The van der Waals surface area contributed by atoms with Crippen LogP contribution in [0.15, 0.2) is 42.5 Å². The molecule has 0 saturated carbocycles. The molecule has 3 heterocycles. The first-order valence-corrected chi connectivity index (χ1v) is 9.72. The van der Waals surface area contributed by atoms with Crippen LogP contribution in [0.5, 0.6) is 0 Å². The number of fused-ring (bicyclic) bond motifs is 3. The molecule has 1 aromatic heterocycles. The van der Waals surface area contributed by atoms with Gasteiger partial charge in [0.25, 0.3) is 5.91 Å². The number of piperidine rings is 1. The van der Waals surface area contributed by atoms with Crippen LogP contribution in [0.2, 0.25) is 0 Å². The molecule has 6 heteroatoms. The monoisotopic (exact) mass is 367 g/mol. The van der Waals surface area contributed by atoms with Crippen LogP contribution in [0.1, 0.15) is 47.5 Å². The highest BCUT2D eigenvalue weighted by molar-refractivity contribution is 7.00. The second kappa shape index (κ2) is 6.13. The summed E-state index contributed by atoms with van der Waals surface area (Å²) in [6.45, 7) is 0. The number of hydrogen-bond acceptors (Lipinski definition) is 4. The van der Waals surface area contributed by atoms with E-state index in [2.05, 4.69) is 13.6 Å². The zero-order chi connectivity index (χ0) is 17.7. The third kappa shape index (κ3) is 2.60. The fourth-order valence-corrected chi connectivity index (χ4v) is 5.10. The van der Waals surface area contributed by atoms with Crippen LogP contribution in [0.4, 0.5) is 4.39 Å². The largest absolute Gasteiger partial charge is 0.333 e. The Balaban J connectivity index is 1.39. The van der Waals surface area contributed by atoms with Gasteiger partial charge in [0.1, 0.15) is 16.9 Å². The summed E-state index contributed by atoms with van der Waals surface area (Å²) in [5, 5.41) is 0. The van der Waals surface area contributed by atoms with E-state index in [1.54, 1.807) is 0 Å². The Morgan fingerprint density at radius 3 is 2.42 bits per heavy atom. The molecule has 2 bridgehead atoms. The van der Waals surface area contributed by atoms with Crippen molar-refractivity contribution in [2.75, 3.05) is 0 Å². The van der Waals surface area contributed by atoms with Gasteiger partial charge < -0.3 is 4.90 Å². The minimum atomic E-state index is -0.198. The molecule has 5 rings (SSSR count). The van der Waals surface area contributed by atoms with Gasteiger partial charge in [-0.25, -0.2) is 4.39 Å². The van der Waals surface area contributed by atoms with Crippen molar-refractivity contribution in [3.63, 3.8) is 0 Å². The fraction of sp³-hybridized carbons (Fsp3) is 0.350. The standard InChI is InChI=1S/C20H18FN3OS/c21-15-4-1-12(2-5-15)14-9-16-6-7-17(10-14)24(16)20(25)13-3-8-18-19(11-13)23-26-22-18/h1-5,8,11,14,16-17H,6-7,9-10H2/t16-,17-/m1/s1. The average Bonchev–Trinajstić information content (AvgIpc) is 3.23. The molecule has 0 aliphatic carbocycles. The third-order valence-corrected chi connectivity index (χ3v) is 6.37. The third-order valence-electron chi connectivity index (χ3n) is 5.81. The maximum atomic E-state index is 13.2. The van der Waals surface area contributed by atoms with Gasteiger partial charge in [0, 0.05) is 17.6 Å². The molecule has 0 radical (unpaired) electrons. The van der Waals surface area contributed by atoms with Crippen molar-refractivity contribution in [3.05, 3.63) is 59.4 Å². The van der Waals surface area contributed by atoms with Gasteiger partial charge in [-0.2, -0.15) is 8.75 Å². The van der Waals surface area contributed by atoms with Crippen LogP contribution < -0.4 is 0 Å². The lowest BCUT2D eigenvalue weighted by Gasteiger charge is -2.39. The minimum Gasteiger partial charge on any atom is -0.333 e. The van der Waals surface area contributed by atoms with E-state index in [1.165, 1.54) is 29.4 Å². The highest BCUT2D eigenvalue weighted by atomic mass is 32.1. The van der Waals surface area contributed by atoms with Crippen molar-refractivity contribution in [1.29, 1.82) is 0 Å². The second-order valence-corrected chi connectivity index (χ2v) is 7.81. The van der Waals surface area contributed by atoms with Gasteiger partial charge >= 0.3 is 0 Å². The Labute approximate surface area is 155 Å². The highest BCUT2D eigenvalue weighted by Crippen LogP contribution is 2.43. The number of benzene rings is 2. The van der Waals surface area contributed by atoms with E-state index in [-0.39, 0.29) is 23.8 Å². The Bertz CT molecular complexity index is 957. The van der Waals surface area contributed by atoms with E-state index < -0.39 is 0 Å². The predicted molar refractivity (Wildman–Crippen MR) is 98.8 cm³/mol. The Morgan fingerprint density at radius 1 is 1.00 bits per heavy atom. The Kier molecular flexibility index (Phi) is 3.74. The molecule has 0 N–H and O–H groups in total. The predicted octanol–water partition coefficient (Wildman–Crippen LogP) is 4.38. The normalized spacial score (nSPS) is 25.0. The Morgan fingerprint density at radius 2 is 1.69 bits per heavy atom. The van der Waals surface area contributed by atoms with Gasteiger partial charge in [0.15, 0.2) is 0 Å². The van der Waals surface area contributed by atoms with Crippen molar-refractivity contribution < 1.29 is 9.18 Å². The molecule has 2 aromatic carbocycles. The van der Waals surface area contributed by atoms with Crippen LogP contribution in [0, 0.1) is 5.82 Å². The van der Waals surface area contributed by atoms with Crippen molar-refractivity contribution in [1.82, 2.24) is 13.6 Å². The van der Waals surface area contributed by atoms with E-state index in [1.807, 2.05) is 30.3 Å². The smallest absolute Gasteiger partial charge is 0.254 e. The lowest BCUT2D eigenvalue weighted by molar-refractivity contribution is 0.0571. The average molecular weight is 367 g/mol. The fourth-order valence-electron chi connectivity index (χ4n) is 4.58. The summed E-state index contributed by atoms with van der Waals surface area (Å²) in [6.07, 6.45) is 4.01. The van der Waals surface area contributed by atoms with Gasteiger partial charge in [-0.3, -0.25) is 4.79 Å². The molecule has 2 fully saturated rings. The topological polar surface area (TPSA) is 46.1 Å². The van der Waals surface area contributed by atoms with Crippen molar-refractivity contribution in [2.45, 2.75) is 43.7 Å². The van der Waals surface area contributed by atoms with Gasteiger partial charge in [0.05, 0.1) is 11.7 Å². The van der Waals surface area contributed by atoms with Crippen molar-refractivity contribution >= 4 is 28.7 Å². The van der Waals surface area contributed by atoms with E-state index in [4.69, 9.17) is 0 Å². The number of amides is 1. The summed E-state index contributed by atoms with van der Waals surface area (Å²) >= 11 is 1.17. The zero-order valence-electron chi connectivity index (χ0n) is 14.1. The number of halogens is 1. The summed E-state index contributed by atoms with van der Waals surface area (Å²) < 4.78 is 21.7. The molecule has 2 aliphatic heterocycles. The SMILES string of the molecule is O=C(c1ccc2nsnc2c1)N1[C@@H]2CC[C@@H]1CC(c1ccc(F)cc1)C2. The first kappa shape index (κ1) is 15.9. The molecule has 132 valence electrons. The second-order valence-electron chi connectivity index (χ2n) is 7.29. The van der Waals surface area contributed by atoms with Crippen LogP contribution in [-0.2, 0) is 0 Å². The van der Waals surface area contributed by atoms with E-state index in [0.29, 0.717) is 11.5 Å². The van der Waals surface area contributed by atoms with E-state index in [0.717, 1.165) is 36.7 Å². The van der Waals surface area contributed by atoms with E-state index in [9.17, 15) is 9.18 Å². The number of carbonyl (C=O) groups is 1. The summed E-state index contributed by atoms with van der Waals surface area (Å²) in [7, 11) is 0. The van der Waals surface area contributed by atoms with Gasteiger partial charge in [-0.1, -0.05) is 12.1 Å². The number of nitrogens with zero attached hydrogens (tertiary/aromatic N) is 3. The molecule has 0 unspecified atom stereocenters. The van der Waals surface area contributed by atoms with Crippen LogP contribution in [-0.4, -0.2) is 31.6 Å². The van der Waals surface area contributed by atoms with E-state index >= 15 is 0 Å². The summed E-state index contributed by atoms with van der Waals surface area (Å²) in [5.74, 6) is 0.309. The summed E-state index contributed by atoms with van der Waals surface area (Å²) in [4.78, 5) is 15.2. The Hall–Kier alpha value is -2.34. The number of hydrogen-bond donors (Lipinski definition) is 0. The molecule has 2 aliphatic rings. The summed E-state index contributed by atoms with van der Waals surface area (Å²) in [5.41, 5.74) is 3.51. The lowest BCUT2D eigenvalue weighted by Crippen LogP contribution is -2.46.